The van der Waals surface area contributed by atoms with E-state index in [2.05, 4.69) is 15.5 Å². The van der Waals surface area contributed by atoms with E-state index in [1.165, 1.54) is 45.2 Å². The molecule has 0 radical (unpaired) electrons. The van der Waals surface area contributed by atoms with Crippen molar-refractivity contribution in [1.29, 1.82) is 0 Å². The highest BCUT2D eigenvalue weighted by Gasteiger charge is 2.33. The van der Waals surface area contributed by atoms with Crippen LogP contribution < -0.4 is 15.4 Å². The first-order chi connectivity index (χ1) is 12.2. The van der Waals surface area contributed by atoms with Gasteiger partial charge in [-0.2, -0.15) is 0 Å². The van der Waals surface area contributed by atoms with E-state index in [0.717, 1.165) is 6.54 Å². The van der Waals surface area contributed by atoms with E-state index >= 15 is 0 Å². The SMILES string of the molecule is O=C1COc2ccc(C(=O)NC[C@H]3CCCN4CCCC[C@@H]34)cc2N1. The van der Waals surface area contributed by atoms with Crippen LogP contribution in [-0.2, 0) is 4.79 Å². The first-order valence-corrected chi connectivity index (χ1v) is 9.29. The summed E-state index contributed by atoms with van der Waals surface area (Å²) in [5.74, 6) is 0.875. The summed E-state index contributed by atoms with van der Waals surface area (Å²) in [6, 6.07) is 5.81. The molecule has 2 amide bonds. The van der Waals surface area contributed by atoms with E-state index in [0.29, 0.717) is 29.0 Å². The summed E-state index contributed by atoms with van der Waals surface area (Å²) >= 11 is 0. The van der Waals surface area contributed by atoms with Crippen molar-refractivity contribution in [3.8, 4) is 5.75 Å². The number of ether oxygens (including phenoxy) is 1. The van der Waals surface area contributed by atoms with Crippen molar-refractivity contribution in [2.24, 2.45) is 5.92 Å². The Labute approximate surface area is 147 Å². The second kappa shape index (κ2) is 7.04. The Kier molecular flexibility index (Phi) is 4.61. The van der Waals surface area contributed by atoms with Crippen molar-refractivity contribution in [3.63, 3.8) is 0 Å². The van der Waals surface area contributed by atoms with Crippen molar-refractivity contribution >= 4 is 17.5 Å². The molecule has 2 atom stereocenters. The summed E-state index contributed by atoms with van der Waals surface area (Å²) in [4.78, 5) is 26.6. The van der Waals surface area contributed by atoms with Gasteiger partial charge in [-0.1, -0.05) is 6.42 Å². The molecule has 0 spiro atoms. The van der Waals surface area contributed by atoms with Crippen LogP contribution in [0.2, 0.25) is 0 Å². The molecule has 0 unspecified atom stereocenters. The van der Waals surface area contributed by atoms with Crippen molar-refractivity contribution in [2.45, 2.75) is 38.1 Å². The van der Waals surface area contributed by atoms with Crippen LogP contribution in [0.25, 0.3) is 0 Å². The molecule has 1 aromatic rings. The van der Waals surface area contributed by atoms with Gasteiger partial charge in [0, 0.05) is 18.2 Å². The van der Waals surface area contributed by atoms with Gasteiger partial charge < -0.3 is 20.3 Å². The number of hydrogen-bond acceptors (Lipinski definition) is 4. The van der Waals surface area contributed by atoms with Gasteiger partial charge in [-0.05, 0) is 62.9 Å². The van der Waals surface area contributed by atoms with E-state index in [9.17, 15) is 9.59 Å². The third-order valence-corrected chi connectivity index (χ3v) is 5.63. The maximum Gasteiger partial charge on any atom is 0.262 e. The van der Waals surface area contributed by atoms with Crippen LogP contribution in [0.3, 0.4) is 0 Å². The number of piperidine rings is 2. The molecule has 3 heterocycles. The van der Waals surface area contributed by atoms with E-state index in [1.54, 1.807) is 18.2 Å². The average Bonchev–Trinajstić information content (AvgIpc) is 2.65. The Morgan fingerprint density at radius 3 is 3.04 bits per heavy atom. The normalized spacial score (nSPS) is 26.0. The number of hydrogen-bond donors (Lipinski definition) is 2. The summed E-state index contributed by atoms with van der Waals surface area (Å²) in [7, 11) is 0. The number of benzene rings is 1. The lowest BCUT2D eigenvalue weighted by Gasteiger charge is -2.44. The molecular weight excluding hydrogens is 318 g/mol. The summed E-state index contributed by atoms with van der Waals surface area (Å²) in [6.45, 7) is 3.16. The van der Waals surface area contributed by atoms with E-state index in [-0.39, 0.29) is 18.4 Å². The maximum absolute atomic E-state index is 12.5. The summed E-state index contributed by atoms with van der Waals surface area (Å²) in [5.41, 5.74) is 1.13. The fourth-order valence-electron chi connectivity index (χ4n) is 4.37. The van der Waals surface area contributed by atoms with E-state index < -0.39 is 0 Å². The van der Waals surface area contributed by atoms with Crippen LogP contribution in [0.5, 0.6) is 5.75 Å². The van der Waals surface area contributed by atoms with Gasteiger partial charge in [-0.25, -0.2) is 0 Å². The number of amides is 2. The largest absolute Gasteiger partial charge is 0.482 e. The predicted octanol–water partition coefficient (Wildman–Crippen LogP) is 2.01. The van der Waals surface area contributed by atoms with Crippen molar-refractivity contribution in [3.05, 3.63) is 23.8 Å². The lowest BCUT2D eigenvalue weighted by atomic mass is 9.83. The van der Waals surface area contributed by atoms with Crippen LogP contribution in [-0.4, -0.2) is 49.0 Å². The molecule has 2 fully saturated rings. The van der Waals surface area contributed by atoms with Crippen molar-refractivity contribution in [2.75, 3.05) is 31.6 Å². The number of nitrogens with zero attached hydrogens (tertiary/aromatic N) is 1. The highest BCUT2D eigenvalue weighted by Crippen LogP contribution is 2.31. The number of nitrogens with one attached hydrogen (secondary N) is 2. The molecule has 6 heteroatoms. The quantitative estimate of drug-likeness (QED) is 0.881. The van der Waals surface area contributed by atoms with Gasteiger partial charge in [0.2, 0.25) is 0 Å². The number of fused-ring (bicyclic) bond motifs is 2. The minimum atomic E-state index is -0.190. The van der Waals surface area contributed by atoms with E-state index in [4.69, 9.17) is 4.74 Å². The fraction of sp³-hybridized carbons (Fsp3) is 0.579. The molecule has 1 aromatic carbocycles. The molecule has 3 aliphatic rings. The van der Waals surface area contributed by atoms with Crippen LogP contribution >= 0.6 is 0 Å². The van der Waals surface area contributed by atoms with Crippen LogP contribution in [0, 0.1) is 5.92 Å². The Balaban J connectivity index is 1.39. The Morgan fingerprint density at radius 2 is 2.12 bits per heavy atom. The summed E-state index contributed by atoms with van der Waals surface area (Å²) < 4.78 is 5.34. The lowest BCUT2D eigenvalue weighted by molar-refractivity contribution is -0.118. The Hall–Kier alpha value is -2.08. The third-order valence-electron chi connectivity index (χ3n) is 5.63. The van der Waals surface area contributed by atoms with Gasteiger partial charge in [0.15, 0.2) is 6.61 Å². The minimum Gasteiger partial charge on any atom is -0.482 e. The van der Waals surface area contributed by atoms with Crippen LogP contribution in [0.4, 0.5) is 5.69 Å². The number of carbonyl (C=O) groups is 2. The molecule has 2 N–H and O–H groups in total. The molecule has 25 heavy (non-hydrogen) atoms. The standard InChI is InChI=1S/C19H25N3O3/c23-18-12-25-17-7-6-13(10-15(17)21-18)19(24)20-11-14-4-3-9-22-8-2-1-5-16(14)22/h6-7,10,14,16H,1-5,8-9,11-12H2,(H,20,24)(H,21,23)/t14-,16+/m1/s1. The molecule has 3 aliphatic heterocycles. The van der Waals surface area contributed by atoms with Crippen LogP contribution in [0.15, 0.2) is 18.2 Å². The van der Waals surface area contributed by atoms with Gasteiger partial charge in [-0.3, -0.25) is 9.59 Å². The van der Waals surface area contributed by atoms with Crippen LogP contribution in [0.1, 0.15) is 42.5 Å². The van der Waals surface area contributed by atoms with Gasteiger partial charge in [0.25, 0.3) is 11.8 Å². The number of rotatable bonds is 3. The third kappa shape index (κ3) is 3.49. The first kappa shape index (κ1) is 16.4. The summed E-state index contributed by atoms with van der Waals surface area (Å²) in [5, 5.41) is 5.85. The maximum atomic E-state index is 12.5. The lowest BCUT2D eigenvalue weighted by Crippen LogP contribution is -2.51. The molecule has 0 aromatic heterocycles. The molecule has 6 nitrogen and oxygen atoms in total. The highest BCUT2D eigenvalue weighted by atomic mass is 16.5. The topological polar surface area (TPSA) is 70.7 Å². The van der Waals surface area contributed by atoms with Gasteiger partial charge in [0.1, 0.15) is 5.75 Å². The molecule has 134 valence electrons. The minimum absolute atomic E-state index is 0.0259. The monoisotopic (exact) mass is 343 g/mol. The second-order valence-corrected chi connectivity index (χ2v) is 7.26. The molecule has 4 rings (SSSR count). The average molecular weight is 343 g/mol. The number of carbonyl (C=O) groups excluding carboxylic acids is 2. The van der Waals surface area contributed by atoms with E-state index in [1.807, 2.05) is 0 Å². The second-order valence-electron chi connectivity index (χ2n) is 7.26. The molecule has 2 saturated heterocycles. The van der Waals surface area contributed by atoms with Crippen molar-refractivity contribution in [1.82, 2.24) is 10.2 Å². The Bertz CT molecular complexity index is 674. The zero-order chi connectivity index (χ0) is 17.2. The first-order valence-electron chi connectivity index (χ1n) is 9.29. The zero-order valence-electron chi connectivity index (χ0n) is 14.4. The molecular formula is C19H25N3O3. The van der Waals surface area contributed by atoms with Gasteiger partial charge in [-0.15, -0.1) is 0 Å². The van der Waals surface area contributed by atoms with Gasteiger partial charge >= 0.3 is 0 Å². The fourth-order valence-corrected chi connectivity index (χ4v) is 4.37. The molecule has 0 saturated carbocycles. The predicted molar refractivity (Wildman–Crippen MR) is 94.8 cm³/mol. The van der Waals surface area contributed by atoms with Crippen molar-refractivity contribution < 1.29 is 14.3 Å². The molecule has 0 aliphatic carbocycles. The summed E-state index contributed by atoms with van der Waals surface area (Å²) in [6.07, 6.45) is 6.27. The highest BCUT2D eigenvalue weighted by molar-refractivity contribution is 5.99. The zero-order valence-corrected chi connectivity index (χ0v) is 14.4. The Morgan fingerprint density at radius 1 is 1.24 bits per heavy atom. The molecule has 0 bridgehead atoms. The number of anilines is 1. The van der Waals surface area contributed by atoms with Gasteiger partial charge in [0.05, 0.1) is 5.69 Å². The smallest absolute Gasteiger partial charge is 0.262 e.